The number of benzene rings is 1. The van der Waals surface area contributed by atoms with Crippen molar-refractivity contribution in [2.45, 2.75) is 39.3 Å². The zero-order valence-electron chi connectivity index (χ0n) is 10.5. The van der Waals surface area contributed by atoms with Crippen molar-refractivity contribution in [1.29, 1.82) is 0 Å². The largest absolute Gasteiger partial charge is 0.399 e. The molecule has 0 aliphatic rings. The number of nitrogens with two attached hydrogens (primary N) is 1. The Morgan fingerprint density at radius 2 is 2.00 bits per heavy atom. The minimum absolute atomic E-state index is 0.185. The average molecular weight is 241 g/mol. The second kappa shape index (κ2) is 5.07. The summed E-state index contributed by atoms with van der Waals surface area (Å²) in [6, 6.07) is 5.71. The van der Waals surface area contributed by atoms with E-state index in [2.05, 4.69) is 32.7 Å². The number of hydrogen-bond acceptors (Lipinski definition) is 2. The van der Waals surface area contributed by atoms with Crippen molar-refractivity contribution in [3.8, 4) is 0 Å². The first-order chi connectivity index (χ1) is 7.36. The first kappa shape index (κ1) is 13.3. The standard InChI is InChI=1S/C13H21ClN2/c1-5-13(2,3)16(4)9-10-6-7-11(15)8-12(10)14/h6-8H,5,9,15H2,1-4H3. The van der Waals surface area contributed by atoms with Crippen LogP contribution in [0.2, 0.25) is 5.02 Å². The number of hydrogen-bond donors (Lipinski definition) is 1. The summed E-state index contributed by atoms with van der Waals surface area (Å²) in [5, 5.41) is 0.749. The molecule has 0 amide bonds. The summed E-state index contributed by atoms with van der Waals surface area (Å²) in [7, 11) is 2.12. The van der Waals surface area contributed by atoms with Crippen molar-refractivity contribution < 1.29 is 0 Å². The highest BCUT2D eigenvalue weighted by molar-refractivity contribution is 6.31. The van der Waals surface area contributed by atoms with Crippen LogP contribution in [0.5, 0.6) is 0 Å². The van der Waals surface area contributed by atoms with Gasteiger partial charge < -0.3 is 5.73 Å². The monoisotopic (exact) mass is 240 g/mol. The van der Waals surface area contributed by atoms with Crippen molar-refractivity contribution in [3.05, 3.63) is 28.8 Å². The Balaban J connectivity index is 2.81. The highest BCUT2D eigenvalue weighted by atomic mass is 35.5. The minimum Gasteiger partial charge on any atom is -0.399 e. The first-order valence-electron chi connectivity index (χ1n) is 5.62. The fraction of sp³-hybridized carbons (Fsp3) is 0.538. The molecule has 0 fully saturated rings. The third kappa shape index (κ3) is 3.13. The zero-order chi connectivity index (χ0) is 12.3. The number of halogens is 1. The molecule has 0 unspecified atom stereocenters. The maximum absolute atomic E-state index is 6.16. The molecule has 0 saturated heterocycles. The van der Waals surface area contributed by atoms with Crippen molar-refractivity contribution in [3.63, 3.8) is 0 Å². The average Bonchev–Trinajstić information content (AvgIpc) is 2.22. The maximum atomic E-state index is 6.16. The third-order valence-electron chi connectivity index (χ3n) is 3.38. The van der Waals surface area contributed by atoms with E-state index in [1.54, 1.807) is 0 Å². The Kier molecular flexibility index (Phi) is 4.22. The summed E-state index contributed by atoms with van der Waals surface area (Å²) in [6.45, 7) is 7.51. The van der Waals surface area contributed by atoms with E-state index in [9.17, 15) is 0 Å². The topological polar surface area (TPSA) is 29.3 Å². The van der Waals surface area contributed by atoms with Gasteiger partial charge in [0.1, 0.15) is 0 Å². The number of rotatable bonds is 4. The Bertz CT molecular complexity index is 361. The van der Waals surface area contributed by atoms with Gasteiger partial charge in [0.2, 0.25) is 0 Å². The molecule has 2 nitrogen and oxygen atoms in total. The predicted molar refractivity (Wildman–Crippen MR) is 71.7 cm³/mol. The van der Waals surface area contributed by atoms with Gasteiger partial charge in [-0.15, -0.1) is 0 Å². The molecule has 0 spiro atoms. The van der Waals surface area contributed by atoms with Crippen LogP contribution in [0.4, 0.5) is 5.69 Å². The SMILES string of the molecule is CCC(C)(C)N(C)Cc1ccc(N)cc1Cl. The molecule has 3 heteroatoms. The number of nitrogens with zero attached hydrogens (tertiary/aromatic N) is 1. The van der Waals surface area contributed by atoms with Crippen LogP contribution in [-0.4, -0.2) is 17.5 Å². The fourth-order valence-corrected chi connectivity index (χ4v) is 1.68. The lowest BCUT2D eigenvalue weighted by molar-refractivity contribution is 0.143. The summed E-state index contributed by atoms with van der Waals surface area (Å²) < 4.78 is 0. The van der Waals surface area contributed by atoms with Gasteiger partial charge in [0.05, 0.1) is 0 Å². The Hall–Kier alpha value is -0.730. The molecule has 1 aromatic rings. The maximum Gasteiger partial charge on any atom is 0.0471 e. The molecule has 0 radical (unpaired) electrons. The molecule has 0 aliphatic heterocycles. The molecular formula is C13H21ClN2. The zero-order valence-corrected chi connectivity index (χ0v) is 11.3. The van der Waals surface area contributed by atoms with Gasteiger partial charge in [-0.05, 0) is 45.0 Å². The second-order valence-electron chi connectivity index (χ2n) is 4.87. The summed E-state index contributed by atoms with van der Waals surface area (Å²) in [5.74, 6) is 0. The summed E-state index contributed by atoms with van der Waals surface area (Å²) in [6.07, 6.45) is 1.11. The lowest BCUT2D eigenvalue weighted by Gasteiger charge is -2.35. The number of nitrogen functional groups attached to an aromatic ring is 1. The molecule has 90 valence electrons. The van der Waals surface area contributed by atoms with E-state index in [4.69, 9.17) is 17.3 Å². The van der Waals surface area contributed by atoms with Crippen LogP contribution in [0.25, 0.3) is 0 Å². The van der Waals surface area contributed by atoms with Crippen molar-refractivity contribution >= 4 is 17.3 Å². The van der Waals surface area contributed by atoms with E-state index < -0.39 is 0 Å². The first-order valence-corrected chi connectivity index (χ1v) is 5.99. The predicted octanol–water partition coefficient (Wildman–Crippen LogP) is 3.54. The van der Waals surface area contributed by atoms with Crippen LogP contribution >= 0.6 is 11.6 Å². The van der Waals surface area contributed by atoms with Crippen molar-refractivity contribution in [2.75, 3.05) is 12.8 Å². The molecule has 0 atom stereocenters. The van der Waals surface area contributed by atoms with Crippen LogP contribution in [0.3, 0.4) is 0 Å². The summed E-state index contributed by atoms with van der Waals surface area (Å²) >= 11 is 6.16. The molecular weight excluding hydrogens is 220 g/mol. The van der Waals surface area contributed by atoms with Gasteiger partial charge in [-0.25, -0.2) is 0 Å². The highest BCUT2D eigenvalue weighted by Crippen LogP contribution is 2.24. The smallest absolute Gasteiger partial charge is 0.0471 e. The van der Waals surface area contributed by atoms with E-state index in [0.717, 1.165) is 23.6 Å². The molecule has 2 N–H and O–H groups in total. The minimum atomic E-state index is 0.185. The summed E-state index contributed by atoms with van der Waals surface area (Å²) in [4.78, 5) is 2.31. The molecule has 1 aromatic carbocycles. The number of anilines is 1. The molecule has 16 heavy (non-hydrogen) atoms. The molecule has 0 aromatic heterocycles. The highest BCUT2D eigenvalue weighted by Gasteiger charge is 2.21. The lowest BCUT2D eigenvalue weighted by atomic mass is 9.99. The second-order valence-corrected chi connectivity index (χ2v) is 5.28. The quantitative estimate of drug-likeness (QED) is 0.816. The molecule has 0 saturated carbocycles. The normalized spacial score (nSPS) is 12.1. The van der Waals surface area contributed by atoms with Gasteiger partial charge in [-0.1, -0.05) is 24.6 Å². The van der Waals surface area contributed by atoms with E-state index in [1.807, 2.05) is 18.2 Å². The van der Waals surface area contributed by atoms with E-state index in [1.165, 1.54) is 0 Å². The van der Waals surface area contributed by atoms with Gasteiger partial charge in [0.25, 0.3) is 0 Å². The lowest BCUT2D eigenvalue weighted by Crippen LogP contribution is -2.39. The van der Waals surface area contributed by atoms with Gasteiger partial charge in [0.15, 0.2) is 0 Å². The van der Waals surface area contributed by atoms with E-state index >= 15 is 0 Å². The van der Waals surface area contributed by atoms with Gasteiger partial charge in [0, 0.05) is 22.8 Å². The molecule has 0 heterocycles. The van der Waals surface area contributed by atoms with Gasteiger partial charge in [-0.2, -0.15) is 0 Å². The molecule has 1 rings (SSSR count). The Labute approximate surface area is 103 Å². The van der Waals surface area contributed by atoms with Crippen molar-refractivity contribution in [1.82, 2.24) is 4.90 Å². The van der Waals surface area contributed by atoms with Crippen LogP contribution in [-0.2, 0) is 6.54 Å². The van der Waals surface area contributed by atoms with Crippen LogP contribution in [0.15, 0.2) is 18.2 Å². The molecule has 0 aliphatic carbocycles. The molecule has 0 bridgehead atoms. The van der Waals surface area contributed by atoms with Crippen LogP contribution in [0, 0.1) is 0 Å². The van der Waals surface area contributed by atoms with Gasteiger partial charge >= 0.3 is 0 Å². The van der Waals surface area contributed by atoms with E-state index in [0.29, 0.717) is 5.69 Å². The Morgan fingerprint density at radius 3 is 2.50 bits per heavy atom. The van der Waals surface area contributed by atoms with Gasteiger partial charge in [-0.3, -0.25) is 4.90 Å². The third-order valence-corrected chi connectivity index (χ3v) is 3.74. The van der Waals surface area contributed by atoms with Crippen LogP contribution in [0.1, 0.15) is 32.8 Å². The van der Waals surface area contributed by atoms with Crippen LogP contribution < -0.4 is 5.73 Å². The van der Waals surface area contributed by atoms with E-state index in [-0.39, 0.29) is 5.54 Å². The fourth-order valence-electron chi connectivity index (χ4n) is 1.43. The van der Waals surface area contributed by atoms with Crippen molar-refractivity contribution in [2.24, 2.45) is 0 Å². The summed E-state index contributed by atoms with van der Waals surface area (Å²) in [5.41, 5.74) is 7.70. The Morgan fingerprint density at radius 1 is 1.38 bits per heavy atom.